The van der Waals surface area contributed by atoms with Gasteiger partial charge in [0, 0.05) is 26.1 Å². The van der Waals surface area contributed by atoms with Crippen LogP contribution in [-0.2, 0) is 24.4 Å². The number of nitrogens with zero attached hydrogens (tertiary/aromatic N) is 2. The molecule has 27 heavy (non-hydrogen) atoms. The highest BCUT2D eigenvalue weighted by Gasteiger charge is 2.11. The molecular weight excluding hydrogens is 338 g/mol. The summed E-state index contributed by atoms with van der Waals surface area (Å²) in [6, 6.07) is 12.3. The molecule has 1 saturated heterocycles. The molecule has 0 bridgehead atoms. The lowest BCUT2D eigenvalue weighted by atomic mass is 10.1. The molecule has 5 nitrogen and oxygen atoms in total. The fraction of sp³-hybridized carbons (Fsp3) is 0.500. The normalized spacial score (nSPS) is 15.2. The molecule has 1 fully saturated rings. The van der Waals surface area contributed by atoms with Crippen LogP contribution in [0.3, 0.4) is 0 Å². The minimum absolute atomic E-state index is 0.140. The summed E-state index contributed by atoms with van der Waals surface area (Å²) >= 11 is 0. The van der Waals surface area contributed by atoms with Crippen LogP contribution < -0.4 is 5.32 Å². The summed E-state index contributed by atoms with van der Waals surface area (Å²) in [6.07, 6.45) is 6.16. The monoisotopic (exact) mass is 369 g/mol. The van der Waals surface area contributed by atoms with E-state index >= 15 is 0 Å². The van der Waals surface area contributed by atoms with E-state index in [0.717, 1.165) is 44.0 Å². The van der Waals surface area contributed by atoms with Crippen LogP contribution in [0.15, 0.2) is 47.1 Å². The number of carbonyl (C=O) groups is 1. The first-order valence-corrected chi connectivity index (χ1v) is 9.97. The van der Waals surface area contributed by atoms with Gasteiger partial charge in [-0.2, -0.15) is 0 Å². The van der Waals surface area contributed by atoms with E-state index in [1.165, 1.54) is 24.8 Å². The lowest BCUT2D eigenvalue weighted by Gasteiger charge is -2.25. The lowest BCUT2D eigenvalue weighted by molar-refractivity contribution is -0.121. The fourth-order valence-corrected chi connectivity index (χ4v) is 3.61. The van der Waals surface area contributed by atoms with Crippen molar-refractivity contribution in [3.63, 3.8) is 0 Å². The molecule has 2 heterocycles. The number of hydrogen-bond donors (Lipinski definition) is 1. The number of likely N-dealkylation sites (tertiary alicyclic amines) is 1. The first-order valence-electron chi connectivity index (χ1n) is 9.97. The Balaban J connectivity index is 1.40. The van der Waals surface area contributed by atoms with Crippen LogP contribution in [-0.4, -0.2) is 42.4 Å². The van der Waals surface area contributed by atoms with Gasteiger partial charge in [0.15, 0.2) is 0 Å². The van der Waals surface area contributed by atoms with Crippen molar-refractivity contribution in [3.05, 3.63) is 59.5 Å². The van der Waals surface area contributed by atoms with Gasteiger partial charge in [-0.3, -0.25) is 9.69 Å². The highest BCUT2D eigenvalue weighted by Crippen LogP contribution is 2.11. The van der Waals surface area contributed by atoms with Crippen LogP contribution in [0.2, 0.25) is 0 Å². The van der Waals surface area contributed by atoms with Gasteiger partial charge in [-0.25, -0.2) is 0 Å². The first-order chi connectivity index (χ1) is 13.2. The predicted molar refractivity (Wildman–Crippen MR) is 107 cm³/mol. The number of piperidine rings is 1. The summed E-state index contributed by atoms with van der Waals surface area (Å²) in [4.78, 5) is 16.8. The predicted octanol–water partition coefficient (Wildman–Crippen LogP) is 3.40. The van der Waals surface area contributed by atoms with Crippen LogP contribution in [0.1, 0.15) is 42.6 Å². The Labute approximate surface area is 162 Å². The molecule has 0 atom stereocenters. The number of nitrogens with one attached hydrogen (secondary N) is 1. The van der Waals surface area contributed by atoms with Crippen LogP contribution in [0, 0.1) is 0 Å². The van der Waals surface area contributed by atoms with Crippen molar-refractivity contribution >= 4 is 5.91 Å². The van der Waals surface area contributed by atoms with E-state index in [-0.39, 0.29) is 5.91 Å². The molecule has 3 rings (SSSR count). The standard InChI is InChI=1S/C22H31N3O2/c1-24(18-21-9-6-14-27-21)17-20-8-5-7-19(15-20)16-23-22(26)10-13-25-11-3-2-4-12-25/h5-9,14-15H,2-4,10-13,16-18H2,1H3,(H,23,26). The summed E-state index contributed by atoms with van der Waals surface area (Å²) in [7, 11) is 2.08. The third kappa shape index (κ3) is 6.85. The third-order valence-corrected chi connectivity index (χ3v) is 5.04. The van der Waals surface area contributed by atoms with Gasteiger partial charge in [-0.1, -0.05) is 30.7 Å². The Bertz CT molecular complexity index is 693. The Morgan fingerprint density at radius 3 is 2.70 bits per heavy atom. The Morgan fingerprint density at radius 2 is 1.93 bits per heavy atom. The molecule has 1 aliphatic rings. The van der Waals surface area contributed by atoms with Gasteiger partial charge >= 0.3 is 0 Å². The molecule has 0 saturated carbocycles. The highest BCUT2D eigenvalue weighted by molar-refractivity contribution is 5.76. The zero-order valence-corrected chi connectivity index (χ0v) is 16.3. The van der Waals surface area contributed by atoms with Gasteiger partial charge < -0.3 is 14.6 Å². The maximum absolute atomic E-state index is 12.1. The van der Waals surface area contributed by atoms with Gasteiger partial charge in [0.1, 0.15) is 5.76 Å². The Hall–Kier alpha value is -2.11. The van der Waals surface area contributed by atoms with Crippen molar-refractivity contribution < 1.29 is 9.21 Å². The maximum atomic E-state index is 12.1. The van der Waals surface area contributed by atoms with E-state index in [1.807, 2.05) is 12.1 Å². The molecule has 1 amide bonds. The molecule has 1 aliphatic heterocycles. The van der Waals surface area contributed by atoms with E-state index < -0.39 is 0 Å². The number of carbonyl (C=O) groups excluding carboxylic acids is 1. The van der Waals surface area contributed by atoms with Crippen molar-refractivity contribution in [3.8, 4) is 0 Å². The number of amides is 1. The number of benzene rings is 1. The van der Waals surface area contributed by atoms with Crippen molar-refractivity contribution in [2.24, 2.45) is 0 Å². The van der Waals surface area contributed by atoms with Gasteiger partial charge in [-0.05, 0) is 56.2 Å². The topological polar surface area (TPSA) is 48.7 Å². The second-order valence-corrected chi connectivity index (χ2v) is 7.50. The number of rotatable bonds is 9. The van der Waals surface area contributed by atoms with E-state index in [1.54, 1.807) is 6.26 Å². The SMILES string of the molecule is CN(Cc1cccc(CNC(=O)CCN2CCCCC2)c1)Cc1ccco1. The van der Waals surface area contributed by atoms with Gasteiger partial charge in [0.2, 0.25) is 5.91 Å². The largest absolute Gasteiger partial charge is 0.468 e. The van der Waals surface area contributed by atoms with Crippen LogP contribution in [0.25, 0.3) is 0 Å². The van der Waals surface area contributed by atoms with E-state index in [4.69, 9.17) is 4.42 Å². The van der Waals surface area contributed by atoms with E-state index in [2.05, 4.69) is 46.4 Å². The molecule has 1 aromatic carbocycles. The average molecular weight is 370 g/mol. The summed E-state index contributed by atoms with van der Waals surface area (Å²) in [6.45, 7) is 5.38. The van der Waals surface area contributed by atoms with Gasteiger partial charge in [0.25, 0.3) is 0 Å². The van der Waals surface area contributed by atoms with Crippen molar-refractivity contribution in [2.45, 2.75) is 45.3 Å². The maximum Gasteiger partial charge on any atom is 0.221 e. The zero-order chi connectivity index (χ0) is 18.9. The molecule has 146 valence electrons. The minimum atomic E-state index is 0.140. The van der Waals surface area contributed by atoms with Gasteiger partial charge in [-0.15, -0.1) is 0 Å². The second-order valence-electron chi connectivity index (χ2n) is 7.50. The number of furan rings is 1. The van der Waals surface area contributed by atoms with Gasteiger partial charge in [0.05, 0.1) is 12.8 Å². The van der Waals surface area contributed by atoms with Crippen LogP contribution in [0.5, 0.6) is 0 Å². The van der Waals surface area contributed by atoms with E-state index in [9.17, 15) is 4.79 Å². The first kappa shape index (κ1) is 19.6. The Morgan fingerprint density at radius 1 is 1.11 bits per heavy atom. The minimum Gasteiger partial charge on any atom is -0.468 e. The third-order valence-electron chi connectivity index (χ3n) is 5.04. The molecule has 1 N–H and O–H groups in total. The summed E-state index contributed by atoms with van der Waals surface area (Å²) in [5.74, 6) is 1.11. The molecule has 5 heteroatoms. The molecular formula is C22H31N3O2. The van der Waals surface area contributed by atoms with Crippen molar-refractivity contribution in [2.75, 3.05) is 26.7 Å². The fourth-order valence-electron chi connectivity index (χ4n) is 3.61. The average Bonchev–Trinajstić information content (AvgIpc) is 3.18. The summed E-state index contributed by atoms with van der Waals surface area (Å²) in [5.41, 5.74) is 2.38. The molecule has 2 aromatic rings. The van der Waals surface area contributed by atoms with Crippen molar-refractivity contribution in [1.29, 1.82) is 0 Å². The molecule has 0 spiro atoms. The smallest absolute Gasteiger partial charge is 0.221 e. The highest BCUT2D eigenvalue weighted by atomic mass is 16.3. The summed E-state index contributed by atoms with van der Waals surface area (Å²) in [5, 5.41) is 3.06. The molecule has 1 aromatic heterocycles. The molecule has 0 aliphatic carbocycles. The number of hydrogen-bond acceptors (Lipinski definition) is 4. The quantitative estimate of drug-likeness (QED) is 0.736. The molecule has 0 radical (unpaired) electrons. The molecule has 0 unspecified atom stereocenters. The van der Waals surface area contributed by atoms with Crippen LogP contribution >= 0.6 is 0 Å². The van der Waals surface area contributed by atoms with E-state index in [0.29, 0.717) is 13.0 Å². The lowest BCUT2D eigenvalue weighted by Crippen LogP contribution is -2.34. The van der Waals surface area contributed by atoms with Crippen molar-refractivity contribution in [1.82, 2.24) is 15.1 Å². The summed E-state index contributed by atoms with van der Waals surface area (Å²) < 4.78 is 5.40. The Kier molecular flexibility index (Phi) is 7.48. The second kappa shape index (κ2) is 10.3. The zero-order valence-electron chi connectivity index (χ0n) is 16.3. The van der Waals surface area contributed by atoms with Crippen LogP contribution in [0.4, 0.5) is 0 Å².